The van der Waals surface area contributed by atoms with E-state index in [0.717, 1.165) is 5.56 Å². The molecule has 0 saturated carbocycles. The summed E-state index contributed by atoms with van der Waals surface area (Å²) < 4.78 is 23.7. The fourth-order valence-electron chi connectivity index (χ4n) is 2.31. The third-order valence-corrected chi connectivity index (χ3v) is 3.67. The Morgan fingerprint density at radius 1 is 1.08 bits per heavy atom. The second-order valence-electron chi connectivity index (χ2n) is 5.36. The summed E-state index contributed by atoms with van der Waals surface area (Å²) in [7, 11) is 0. The van der Waals surface area contributed by atoms with Crippen molar-refractivity contribution in [1.29, 1.82) is 0 Å². The van der Waals surface area contributed by atoms with Gasteiger partial charge in [0.15, 0.2) is 5.69 Å². The zero-order valence-electron chi connectivity index (χ0n) is 13.9. The molecule has 4 nitrogen and oxygen atoms in total. The van der Waals surface area contributed by atoms with Crippen molar-refractivity contribution in [2.24, 2.45) is 0 Å². The van der Waals surface area contributed by atoms with Crippen molar-refractivity contribution in [3.8, 4) is 22.8 Å². The first-order valence-corrected chi connectivity index (χ1v) is 8.31. The van der Waals surface area contributed by atoms with Crippen LogP contribution in [0.5, 0.6) is 11.5 Å². The van der Waals surface area contributed by atoms with Gasteiger partial charge in [0.1, 0.15) is 17.3 Å². The zero-order valence-corrected chi connectivity index (χ0v) is 14.7. The second kappa shape index (κ2) is 7.97. The molecule has 132 valence electrons. The molecule has 0 N–H and O–H groups in total. The van der Waals surface area contributed by atoms with Crippen LogP contribution in [0, 0.1) is 5.82 Å². The van der Waals surface area contributed by atoms with Crippen LogP contribution >= 0.6 is 11.6 Å². The standard InChI is InChI=1S/C20H15ClFNO3/c1-2-25-20(24)19-12-14(21)11-18(23-19)13-4-3-5-17(10-13)26-16-8-6-15(22)7-9-16/h3-12H,2H2,1H3. The molecule has 0 saturated heterocycles. The predicted molar refractivity (Wildman–Crippen MR) is 97.1 cm³/mol. The van der Waals surface area contributed by atoms with Crippen molar-refractivity contribution in [2.45, 2.75) is 6.92 Å². The first-order chi connectivity index (χ1) is 12.5. The predicted octanol–water partition coefficient (Wildman–Crippen LogP) is 5.51. The van der Waals surface area contributed by atoms with E-state index in [1.165, 1.54) is 18.2 Å². The molecule has 2 aromatic carbocycles. The molecule has 0 spiro atoms. The Hall–Kier alpha value is -2.92. The van der Waals surface area contributed by atoms with E-state index in [9.17, 15) is 9.18 Å². The Bertz CT molecular complexity index is 929. The van der Waals surface area contributed by atoms with Crippen LogP contribution in [0.4, 0.5) is 4.39 Å². The van der Waals surface area contributed by atoms with Crippen LogP contribution in [0.2, 0.25) is 5.02 Å². The number of carbonyl (C=O) groups excluding carboxylic acids is 1. The smallest absolute Gasteiger partial charge is 0.356 e. The highest BCUT2D eigenvalue weighted by atomic mass is 35.5. The van der Waals surface area contributed by atoms with Crippen LogP contribution in [-0.4, -0.2) is 17.6 Å². The van der Waals surface area contributed by atoms with Crippen LogP contribution < -0.4 is 4.74 Å². The number of nitrogens with zero attached hydrogens (tertiary/aromatic N) is 1. The molecule has 0 aliphatic rings. The lowest BCUT2D eigenvalue weighted by molar-refractivity contribution is 0.0519. The van der Waals surface area contributed by atoms with Gasteiger partial charge in [0.05, 0.1) is 12.3 Å². The number of esters is 1. The molecule has 0 amide bonds. The van der Waals surface area contributed by atoms with E-state index in [2.05, 4.69) is 4.98 Å². The largest absolute Gasteiger partial charge is 0.461 e. The molecule has 1 aromatic heterocycles. The van der Waals surface area contributed by atoms with E-state index in [1.54, 1.807) is 43.3 Å². The van der Waals surface area contributed by atoms with Gasteiger partial charge in [-0.15, -0.1) is 0 Å². The van der Waals surface area contributed by atoms with E-state index < -0.39 is 5.97 Å². The molecular weight excluding hydrogens is 357 g/mol. The van der Waals surface area contributed by atoms with Gasteiger partial charge in [0.2, 0.25) is 0 Å². The highest BCUT2D eigenvalue weighted by molar-refractivity contribution is 6.31. The van der Waals surface area contributed by atoms with Gasteiger partial charge >= 0.3 is 5.97 Å². The maximum absolute atomic E-state index is 13.0. The lowest BCUT2D eigenvalue weighted by Gasteiger charge is -2.09. The molecule has 0 bridgehead atoms. The van der Waals surface area contributed by atoms with Crippen molar-refractivity contribution >= 4 is 17.6 Å². The Labute approximate surface area is 155 Å². The highest BCUT2D eigenvalue weighted by Gasteiger charge is 2.12. The minimum atomic E-state index is -0.532. The summed E-state index contributed by atoms with van der Waals surface area (Å²) in [4.78, 5) is 16.2. The average Bonchev–Trinajstić information content (AvgIpc) is 2.63. The number of halogens is 2. The van der Waals surface area contributed by atoms with Crippen LogP contribution in [0.1, 0.15) is 17.4 Å². The first-order valence-electron chi connectivity index (χ1n) is 7.93. The maximum Gasteiger partial charge on any atom is 0.356 e. The van der Waals surface area contributed by atoms with Gasteiger partial charge in [-0.2, -0.15) is 0 Å². The summed E-state index contributed by atoms with van der Waals surface area (Å²) in [5.74, 6) is 0.194. The lowest BCUT2D eigenvalue weighted by Crippen LogP contribution is -2.07. The van der Waals surface area contributed by atoms with Crippen molar-refractivity contribution in [1.82, 2.24) is 4.98 Å². The third-order valence-electron chi connectivity index (χ3n) is 3.45. The van der Waals surface area contributed by atoms with Gasteiger partial charge in [-0.1, -0.05) is 23.7 Å². The average molecular weight is 372 g/mol. The molecular formula is C20H15ClFNO3. The van der Waals surface area contributed by atoms with E-state index >= 15 is 0 Å². The number of rotatable bonds is 5. The number of hydrogen-bond acceptors (Lipinski definition) is 4. The SMILES string of the molecule is CCOC(=O)c1cc(Cl)cc(-c2cccc(Oc3ccc(F)cc3)c2)n1. The van der Waals surface area contributed by atoms with Gasteiger partial charge in [0.25, 0.3) is 0 Å². The summed E-state index contributed by atoms with van der Waals surface area (Å²) in [6, 6.07) is 16.0. The summed E-state index contributed by atoms with van der Waals surface area (Å²) in [6.45, 7) is 1.98. The normalized spacial score (nSPS) is 10.4. The molecule has 3 aromatic rings. The number of carbonyl (C=O) groups is 1. The fourth-order valence-corrected chi connectivity index (χ4v) is 2.52. The van der Waals surface area contributed by atoms with E-state index in [-0.39, 0.29) is 18.1 Å². The van der Waals surface area contributed by atoms with Crippen LogP contribution in [-0.2, 0) is 4.74 Å². The topological polar surface area (TPSA) is 48.4 Å². The van der Waals surface area contributed by atoms with Crippen LogP contribution in [0.3, 0.4) is 0 Å². The Balaban J connectivity index is 1.90. The van der Waals surface area contributed by atoms with Crippen molar-refractivity contribution in [2.75, 3.05) is 6.61 Å². The van der Waals surface area contributed by atoms with E-state index in [0.29, 0.717) is 22.2 Å². The molecule has 0 radical (unpaired) electrons. The quantitative estimate of drug-likeness (QED) is 0.555. The zero-order chi connectivity index (χ0) is 18.5. The van der Waals surface area contributed by atoms with Crippen molar-refractivity contribution in [3.05, 3.63) is 77.2 Å². The molecule has 1 heterocycles. The number of ether oxygens (including phenoxy) is 2. The third kappa shape index (κ3) is 4.37. The highest BCUT2D eigenvalue weighted by Crippen LogP contribution is 2.28. The molecule has 26 heavy (non-hydrogen) atoms. The molecule has 0 atom stereocenters. The lowest BCUT2D eigenvalue weighted by atomic mass is 10.1. The number of pyridine rings is 1. The summed E-state index contributed by atoms with van der Waals surface area (Å²) in [5.41, 5.74) is 1.38. The number of aromatic nitrogens is 1. The van der Waals surface area contributed by atoms with Crippen molar-refractivity contribution < 1.29 is 18.7 Å². The summed E-state index contributed by atoms with van der Waals surface area (Å²) in [5, 5.41) is 0.378. The van der Waals surface area contributed by atoms with Gasteiger partial charge in [-0.05, 0) is 55.5 Å². The molecule has 0 aliphatic carbocycles. The number of hydrogen-bond donors (Lipinski definition) is 0. The van der Waals surface area contributed by atoms with Gasteiger partial charge in [-0.3, -0.25) is 0 Å². The molecule has 0 aliphatic heterocycles. The summed E-state index contributed by atoms with van der Waals surface area (Å²) in [6.07, 6.45) is 0. The first kappa shape index (κ1) is 17.9. The minimum absolute atomic E-state index is 0.138. The second-order valence-corrected chi connectivity index (χ2v) is 5.80. The molecule has 0 unspecified atom stereocenters. The van der Waals surface area contributed by atoms with E-state index in [1.807, 2.05) is 6.07 Å². The Morgan fingerprint density at radius 3 is 2.58 bits per heavy atom. The maximum atomic E-state index is 13.0. The molecule has 3 rings (SSSR count). The van der Waals surface area contributed by atoms with Crippen LogP contribution in [0.25, 0.3) is 11.3 Å². The van der Waals surface area contributed by atoms with Gasteiger partial charge < -0.3 is 9.47 Å². The fraction of sp³-hybridized carbons (Fsp3) is 0.100. The van der Waals surface area contributed by atoms with E-state index in [4.69, 9.17) is 21.1 Å². The summed E-state index contributed by atoms with van der Waals surface area (Å²) >= 11 is 6.11. The van der Waals surface area contributed by atoms with Gasteiger partial charge in [-0.25, -0.2) is 14.2 Å². The molecule has 0 fully saturated rings. The minimum Gasteiger partial charge on any atom is -0.461 e. The monoisotopic (exact) mass is 371 g/mol. The van der Waals surface area contributed by atoms with Crippen LogP contribution in [0.15, 0.2) is 60.7 Å². The Kier molecular flexibility index (Phi) is 5.49. The van der Waals surface area contributed by atoms with Crippen molar-refractivity contribution in [3.63, 3.8) is 0 Å². The Morgan fingerprint density at radius 2 is 1.85 bits per heavy atom. The number of benzene rings is 2. The molecule has 6 heteroatoms. The van der Waals surface area contributed by atoms with Gasteiger partial charge in [0, 0.05) is 10.6 Å².